The molecule has 0 heterocycles. The molecule has 23 heavy (non-hydrogen) atoms. The number of nitro groups is 2. The van der Waals surface area contributed by atoms with Crippen LogP contribution in [0.4, 0.5) is 11.4 Å². The van der Waals surface area contributed by atoms with E-state index in [2.05, 4.69) is 15.9 Å². The van der Waals surface area contributed by atoms with Crippen LogP contribution in [0.3, 0.4) is 0 Å². The van der Waals surface area contributed by atoms with Gasteiger partial charge in [0.2, 0.25) is 0 Å². The van der Waals surface area contributed by atoms with Crippen molar-refractivity contribution >= 4 is 38.9 Å². The number of phenols is 2. The van der Waals surface area contributed by atoms with Crippen molar-refractivity contribution in [1.82, 2.24) is 0 Å². The second-order valence-electron chi connectivity index (χ2n) is 4.56. The highest BCUT2D eigenvalue weighted by atomic mass is 79.9. The molecule has 2 aromatic carbocycles. The summed E-state index contributed by atoms with van der Waals surface area (Å²) in [5.41, 5.74) is -1.15. The molecule has 0 aliphatic carbocycles. The summed E-state index contributed by atoms with van der Waals surface area (Å²) in [7, 11) is 0. The SMILES string of the molecule is O=[N+]([O-])c1cc(Cc2cc(Cl)cc(Br)c2O)c(O)c([N+](=O)[O-])c1. The number of rotatable bonds is 4. The fourth-order valence-corrected chi connectivity index (χ4v) is 2.87. The van der Waals surface area contributed by atoms with Gasteiger partial charge in [-0.3, -0.25) is 20.2 Å². The summed E-state index contributed by atoms with van der Waals surface area (Å²) in [6.07, 6.45) is -0.181. The predicted molar refractivity (Wildman–Crippen MR) is 85.0 cm³/mol. The molecule has 0 aromatic heterocycles. The zero-order valence-corrected chi connectivity index (χ0v) is 13.5. The summed E-state index contributed by atoms with van der Waals surface area (Å²) >= 11 is 8.96. The second-order valence-corrected chi connectivity index (χ2v) is 5.85. The number of non-ortho nitro benzene ring substituents is 1. The molecule has 0 radical (unpaired) electrons. The third-order valence-electron chi connectivity index (χ3n) is 3.05. The number of phenolic OH excluding ortho intramolecular Hbond substituents is 2. The average Bonchev–Trinajstić information content (AvgIpc) is 2.45. The average molecular weight is 404 g/mol. The van der Waals surface area contributed by atoms with Gasteiger partial charge in [0.25, 0.3) is 5.69 Å². The number of hydrogen-bond acceptors (Lipinski definition) is 6. The maximum Gasteiger partial charge on any atom is 0.317 e. The minimum absolute atomic E-state index is 0.0737. The van der Waals surface area contributed by atoms with E-state index in [1.165, 1.54) is 12.1 Å². The Bertz CT molecular complexity index is 827. The maximum atomic E-state index is 10.9. The quantitative estimate of drug-likeness (QED) is 0.588. The molecule has 0 aliphatic heterocycles. The van der Waals surface area contributed by atoms with Crippen LogP contribution >= 0.6 is 27.5 Å². The van der Waals surface area contributed by atoms with Crippen molar-refractivity contribution < 1.29 is 20.1 Å². The molecule has 8 nitrogen and oxygen atoms in total. The lowest BCUT2D eigenvalue weighted by Crippen LogP contribution is -1.98. The van der Waals surface area contributed by atoms with E-state index in [4.69, 9.17) is 11.6 Å². The molecule has 0 atom stereocenters. The molecule has 0 spiro atoms. The lowest BCUT2D eigenvalue weighted by atomic mass is 10.0. The van der Waals surface area contributed by atoms with Gasteiger partial charge in [0.15, 0.2) is 5.75 Å². The first-order valence-corrected chi connectivity index (χ1v) is 7.19. The number of aromatic hydroxyl groups is 2. The largest absolute Gasteiger partial charge is 0.506 e. The van der Waals surface area contributed by atoms with E-state index in [0.29, 0.717) is 10.5 Å². The van der Waals surface area contributed by atoms with Crippen LogP contribution in [-0.4, -0.2) is 20.1 Å². The van der Waals surface area contributed by atoms with Gasteiger partial charge in [0.05, 0.1) is 20.4 Å². The van der Waals surface area contributed by atoms with Crippen LogP contribution in [0.1, 0.15) is 11.1 Å². The summed E-state index contributed by atoms with van der Waals surface area (Å²) in [6, 6.07) is 4.52. The van der Waals surface area contributed by atoms with E-state index in [1.807, 2.05) is 0 Å². The topological polar surface area (TPSA) is 127 Å². The first-order valence-electron chi connectivity index (χ1n) is 6.02. The predicted octanol–water partition coefficient (Wildman–Crippen LogP) is 3.92. The minimum atomic E-state index is -0.917. The van der Waals surface area contributed by atoms with Crippen molar-refractivity contribution in [3.8, 4) is 11.5 Å². The van der Waals surface area contributed by atoms with E-state index >= 15 is 0 Å². The van der Waals surface area contributed by atoms with Gasteiger partial charge in [-0.15, -0.1) is 0 Å². The van der Waals surface area contributed by atoms with Crippen LogP contribution in [0.25, 0.3) is 0 Å². The molecule has 0 bridgehead atoms. The van der Waals surface area contributed by atoms with E-state index in [1.54, 1.807) is 0 Å². The smallest absolute Gasteiger partial charge is 0.317 e. The van der Waals surface area contributed by atoms with Gasteiger partial charge in [-0.2, -0.15) is 0 Å². The normalized spacial score (nSPS) is 10.5. The van der Waals surface area contributed by atoms with Crippen LogP contribution in [0, 0.1) is 20.2 Å². The lowest BCUT2D eigenvalue weighted by molar-refractivity contribution is -0.394. The maximum absolute atomic E-state index is 10.9. The molecule has 120 valence electrons. The van der Waals surface area contributed by atoms with Crippen LogP contribution in [0.2, 0.25) is 5.02 Å². The Kier molecular flexibility index (Phi) is 4.71. The van der Waals surface area contributed by atoms with Crippen LogP contribution in [0.15, 0.2) is 28.7 Å². The van der Waals surface area contributed by atoms with Gasteiger partial charge >= 0.3 is 5.69 Å². The highest BCUT2D eigenvalue weighted by Gasteiger charge is 2.24. The Morgan fingerprint density at radius 1 is 1.00 bits per heavy atom. The molecule has 0 saturated carbocycles. The van der Waals surface area contributed by atoms with Crippen LogP contribution in [0.5, 0.6) is 11.5 Å². The number of benzene rings is 2. The fourth-order valence-electron chi connectivity index (χ4n) is 2.00. The van der Waals surface area contributed by atoms with E-state index < -0.39 is 27.0 Å². The zero-order chi connectivity index (χ0) is 17.3. The molecule has 2 rings (SSSR count). The lowest BCUT2D eigenvalue weighted by Gasteiger charge is -2.09. The summed E-state index contributed by atoms with van der Waals surface area (Å²) in [5, 5.41) is 42.0. The summed E-state index contributed by atoms with van der Waals surface area (Å²) in [4.78, 5) is 20.1. The van der Waals surface area contributed by atoms with Gasteiger partial charge in [0.1, 0.15) is 5.75 Å². The summed E-state index contributed by atoms with van der Waals surface area (Å²) < 4.78 is 0.291. The van der Waals surface area contributed by atoms with E-state index in [-0.39, 0.29) is 28.3 Å². The van der Waals surface area contributed by atoms with Crippen molar-refractivity contribution in [1.29, 1.82) is 0 Å². The molecular weight excluding hydrogens is 396 g/mol. The van der Waals surface area contributed by atoms with E-state index in [9.17, 15) is 30.4 Å². The number of halogens is 2. The standard InChI is InChI=1S/C13H8BrClN2O6/c14-10-4-8(15)2-6(12(10)18)1-7-3-9(16(20)21)5-11(13(7)19)17(22)23/h2-5,18-19H,1H2. The molecular formula is C13H8BrClN2O6. The van der Waals surface area contributed by atoms with E-state index in [0.717, 1.165) is 6.07 Å². The van der Waals surface area contributed by atoms with Crippen molar-refractivity contribution in [3.63, 3.8) is 0 Å². The van der Waals surface area contributed by atoms with Gasteiger partial charge in [-0.1, -0.05) is 11.6 Å². The van der Waals surface area contributed by atoms with Gasteiger partial charge in [-0.05, 0) is 28.1 Å². The molecule has 2 N–H and O–H groups in total. The third-order valence-corrected chi connectivity index (χ3v) is 3.87. The summed E-state index contributed by atoms with van der Waals surface area (Å²) in [5.74, 6) is -0.876. The molecule has 0 aliphatic rings. The Labute approximate surface area is 142 Å². The Hall–Kier alpha value is -2.39. The fraction of sp³-hybridized carbons (Fsp3) is 0.0769. The van der Waals surface area contributed by atoms with Crippen LogP contribution < -0.4 is 0 Å². The molecule has 0 amide bonds. The van der Waals surface area contributed by atoms with Crippen molar-refractivity contribution in [2.75, 3.05) is 0 Å². The van der Waals surface area contributed by atoms with Crippen LogP contribution in [-0.2, 0) is 6.42 Å². The highest BCUT2D eigenvalue weighted by Crippen LogP contribution is 2.38. The molecule has 0 unspecified atom stereocenters. The molecule has 0 saturated heterocycles. The van der Waals surface area contributed by atoms with Gasteiger partial charge in [0, 0.05) is 28.6 Å². The molecule has 2 aromatic rings. The van der Waals surface area contributed by atoms with Crippen molar-refractivity contribution in [2.45, 2.75) is 6.42 Å². The third kappa shape index (κ3) is 3.51. The number of hydrogen-bond donors (Lipinski definition) is 2. The van der Waals surface area contributed by atoms with Crippen molar-refractivity contribution in [2.24, 2.45) is 0 Å². The van der Waals surface area contributed by atoms with Crippen molar-refractivity contribution in [3.05, 3.63) is 65.1 Å². The summed E-state index contributed by atoms with van der Waals surface area (Å²) in [6.45, 7) is 0. The Balaban J connectivity index is 2.60. The molecule has 0 fully saturated rings. The van der Waals surface area contributed by atoms with Gasteiger partial charge in [-0.25, -0.2) is 0 Å². The number of nitro benzene ring substituents is 2. The zero-order valence-electron chi connectivity index (χ0n) is 11.2. The second kappa shape index (κ2) is 6.39. The Morgan fingerprint density at radius 2 is 1.61 bits per heavy atom. The molecule has 10 heteroatoms. The highest BCUT2D eigenvalue weighted by molar-refractivity contribution is 9.10. The first kappa shape index (κ1) is 17.0. The number of nitrogens with zero attached hydrogens (tertiary/aromatic N) is 2. The monoisotopic (exact) mass is 402 g/mol. The Morgan fingerprint density at radius 3 is 2.17 bits per heavy atom. The minimum Gasteiger partial charge on any atom is -0.506 e. The van der Waals surface area contributed by atoms with Gasteiger partial charge < -0.3 is 10.2 Å². The first-order chi connectivity index (χ1) is 10.7.